The van der Waals surface area contributed by atoms with Crippen LogP contribution in [0, 0.1) is 0 Å². The number of benzene rings is 3. The smallest absolute Gasteiger partial charge is 0.246 e. The molecular weight excluding hydrogens is 484 g/mol. The van der Waals surface area contributed by atoms with E-state index < -0.39 is 11.6 Å². The Balaban J connectivity index is 1.22. The second kappa shape index (κ2) is 11.3. The second-order valence-electron chi connectivity index (χ2n) is 11.4. The van der Waals surface area contributed by atoms with E-state index in [1.54, 1.807) is 0 Å². The fourth-order valence-electron chi connectivity index (χ4n) is 6.76. The Morgan fingerprint density at radius 2 is 1.23 bits per heavy atom. The van der Waals surface area contributed by atoms with E-state index >= 15 is 0 Å². The number of hydrogen-bond donors (Lipinski definition) is 1. The van der Waals surface area contributed by atoms with Gasteiger partial charge in [-0.05, 0) is 36.0 Å². The van der Waals surface area contributed by atoms with Gasteiger partial charge in [0.1, 0.15) is 11.6 Å². The van der Waals surface area contributed by atoms with Gasteiger partial charge in [-0.1, -0.05) is 91.0 Å². The first kappa shape index (κ1) is 25.8. The second-order valence-corrected chi connectivity index (χ2v) is 11.4. The molecule has 6 rings (SSSR count). The third-order valence-electron chi connectivity index (χ3n) is 8.80. The molecule has 2 unspecified atom stereocenters. The molecule has 1 N–H and O–H groups in total. The lowest BCUT2D eigenvalue weighted by Gasteiger charge is -2.53. The molecule has 0 radical (unpaired) electrons. The predicted molar refractivity (Wildman–Crippen MR) is 153 cm³/mol. The van der Waals surface area contributed by atoms with Crippen LogP contribution in [0.2, 0.25) is 0 Å². The van der Waals surface area contributed by atoms with E-state index in [-0.39, 0.29) is 17.9 Å². The highest BCUT2D eigenvalue weighted by Gasteiger charge is 2.56. The molecule has 3 aliphatic heterocycles. The number of carbonyl (C=O) groups is 2. The average Bonchev–Trinajstić information content (AvgIpc) is 3.42. The fraction of sp³-hybridized carbons (Fsp3) is 0.394. The standard InChI is InChI=1S/C33H38N4O2/c38-31-30(22-26-10-4-1-5-11-26)34-32(39)33(17-20-35(21-18-33)23-27-12-6-2-7-13-27)37(31)29-16-19-36(25-29)24-28-14-8-3-9-15-28/h1-15,29-30H,16-25H2,(H,34,39). The minimum Gasteiger partial charge on any atom is -0.342 e. The number of likely N-dealkylation sites (tertiary alicyclic amines) is 2. The lowest BCUT2D eigenvalue weighted by molar-refractivity contribution is -0.165. The summed E-state index contributed by atoms with van der Waals surface area (Å²) < 4.78 is 0. The van der Waals surface area contributed by atoms with Gasteiger partial charge >= 0.3 is 0 Å². The quantitative estimate of drug-likeness (QED) is 0.512. The highest BCUT2D eigenvalue weighted by Crippen LogP contribution is 2.37. The largest absolute Gasteiger partial charge is 0.342 e. The molecular formula is C33H38N4O2. The Labute approximate surface area is 231 Å². The van der Waals surface area contributed by atoms with Crippen LogP contribution in [0.25, 0.3) is 0 Å². The molecule has 3 saturated heterocycles. The fourth-order valence-corrected chi connectivity index (χ4v) is 6.76. The van der Waals surface area contributed by atoms with E-state index in [0.29, 0.717) is 19.3 Å². The van der Waals surface area contributed by atoms with Crippen molar-refractivity contribution in [3.63, 3.8) is 0 Å². The average molecular weight is 523 g/mol. The van der Waals surface area contributed by atoms with Crippen molar-refractivity contribution >= 4 is 11.8 Å². The summed E-state index contributed by atoms with van der Waals surface area (Å²) in [5.41, 5.74) is 2.86. The summed E-state index contributed by atoms with van der Waals surface area (Å²) in [5.74, 6) is 0.116. The molecule has 3 aromatic carbocycles. The molecule has 2 amide bonds. The number of piperidine rings is 1. The lowest BCUT2D eigenvalue weighted by atomic mass is 9.79. The van der Waals surface area contributed by atoms with Gasteiger partial charge in [0.15, 0.2) is 0 Å². The zero-order chi connectivity index (χ0) is 26.7. The van der Waals surface area contributed by atoms with Gasteiger partial charge in [-0.15, -0.1) is 0 Å². The zero-order valence-corrected chi connectivity index (χ0v) is 22.5. The SMILES string of the molecule is O=C1C(Cc2ccccc2)NC(=O)C2(CCN(Cc3ccccc3)CC2)N1C1CCN(Cc2ccccc2)C1. The van der Waals surface area contributed by atoms with E-state index in [0.717, 1.165) is 51.3 Å². The van der Waals surface area contributed by atoms with E-state index in [2.05, 4.69) is 68.5 Å². The molecule has 6 heteroatoms. The highest BCUT2D eigenvalue weighted by atomic mass is 16.2. The predicted octanol–water partition coefficient (Wildman–Crippen LogP) is 3.87. The number of nitrogens with one attached hydrogen (secondary N) is 1. The summed E-state index contributed by atoms with van der Waals surface area (Å²) in [7, 11) is 0. The van der Waals surface area contributed by atoms with E-state index in [4.69, 9.17) is 0 Å². The lowest BCUT2D eigenvalue weighted by Crippen LogP contribution is -2.75. The monoisotopic (exact) mass is 522 g/mol. The number of carbonyl (C=O) groups excluding carboxylic acids is 2. The van der Waals surface area contributed by atoms with Gasteiger partial charge in [-0.3, -0.25) is 19.4 Å². The van der Waals surface area contributed by atoms with Gasteiger partial charge in [0.05, 0.1) is 0 Å². The van der Waals surface area contributed by atoms with Gasteiger partial charge in [-0.2, -0.15) is 0 Å². The van der Waals surface area contributed by atoms with Crippen molar-refractivity contribution < 1.29 is 9.59 Å². The molecule has 0 aromatic heterocycles. The molecule has 3 aromatic rings. The maximum absolute atomic E-state index is 14.3. The molecule has 0 aliphatic carbocycles. The van der Waals surface area contributed by atoms with Crippen LogP contribution in [-0.2, 0) is 29.1 Å². The Morgan fingerprint density at radius 1 is 0.692 bits per heavy atom. The van der Waals surface area contributed by atoms with Crippen LogP contribution in [0.1, 0.15) is 36.0 Å². The third kappa shape index (κ3) is 5.49. The highest BCUT2D eigenvalue weighted by molar-refractivity contribution is 6.00. The van der Waals surface area contributed by atoms with Crippen molar-refractivity contribution in [1.29, 1.82) is 0 Å². The third-order valence-corrected chi connectivity index (χ3v) is 8.80. The number of hydrogen-bond acceptors (Lipinski definition) is 4. The van der Waals surface area contributed by atoms with Gasteiger partial charge < -0.3 is 10.2 Å². The van der Waals surface area contributed by atoms with Crippen molar-refractivity contribution in [2.75, 3.05) is 26.2 Å². The molecule has 2 atom stereocenters. The number of piperazine rings is 1. The maximum atomic E-state index is 14.3. The number of amides is 2. The minimum absolute atomic E-state index is 0.0314. The minimum atomic E-state index is -0.773. The summed E-state index contributed by atoms with van der Waals surface area (Å²) in [6.07, 6.45) is 2.77. The molecule has 202 valence electrons. The van der Waals surface area contributed by atoms with Crippen molar-refractivity contribution in [2.45, 2.75) is 56.4 Å². The molecule has 39 heavy (non-hydrogen) atoms. The molecule has 3 heterocycles. The maximum Gasteiger partial charge on any atom is 0.246 e. The van der Waals surface area contributed by atoms with Crippen molar-refractivity contribution in [3.8, 4) is 0 Å². The van der Waals surface area contributed by atoms with E-state index in [1.165, 1.54) is 11.1 Å². The van der Waals surface area contributed by atoms with Crippen LogP contribution in [0.15, 0.2) is 91.0 Å². The Kier molecular flexibility index (Phi) is 7.49. The summed E-state index contributed by atoms with van der Waals surface area (Å²) in [5, 5.41) is 3.18. The van der Waals surface area contributed by atoms with Gasteiger partial charge in [0.2, 0.25) is 11.8 Å². The summed E-state index contributed by atoms with van der Waals surface area (Å²) in [4.78, 5) is 35.2. The molecule has 3 fully saturated rings. The van der Waals surface area contributed by atoms with E-state index in [1.807, 2.05) is 42.5 Å². The van der Waals surface area contributed by atoms with Gasteiger partial charge in [0, 0.05) is 51.7 Å². The number of nitrogens with zero attached hydrogens (tertiary/aromatic N) is 3. The Bertz CT molecular complexity index is 1260. The number of rotatable bonds is 7. The molecule has 6 nitrogen and oxygen atoms in total. The van der Waals surface area contributed by atoms with E-state index in [9.17, 15) is 9.59 Å². The molecule has 1 spiro atoms. The van der Waals surface area contributed by atoms with Gasteiger partial charge in [-0.25, -0.2) is 0 Å². The Morgan fingerprint density at radius 3 is 1.82 bits per heavy atom. The van der Waals surface area contributed by atoms with Crippen molar-refractivity contribution in [1.82, 2.24) is 20.0 Å². The molecule has 0 saturated carbocycles. The van der Waals surface area contributed by atoms with Crippen LogP contribution in [-0.4, -0.2) is 70.3 Å². The molecule has 0 bridgehead atoms. The van der Waals surface area contributed by atoms with Crippen LogP contribution in [0.5, 0.6) is 0 Å². The van der Waals surface area contributed by atoms with Crippen LogP contribution in [0.4, 0.5) is 0 Å². The first-order valence-corrected chi connectivity index (χ1v) is 14.3. The first-order valence-electron chi connectivity index (χ1n) is 14.3. The summed E-state index contributed by atoms with van der Waals surface area (Å²) >= 11 is 0. The normalized spacial score (nSPS) is 23.7. The van der Waals surface area contributed by atoms with Crippen LogP contribution in [0.3, 0.4) is 0 Å². The van der Waals surface area contributed by atoms with Crippen molar-refractivity contribution in [2.24, 2.45) is 0 Å². The Hall–Kier alpha value is -3.48. The summed E-state index contributed by atoms with van der Waals surface area (Å²) in [6.45, 7) is 5.09. The summed E-state index contributed by atoms with van der Waals surface area (Å²) in [6, 6.07) is 30.6. The van der Waals surface area contributed by atoms with Crippen LogP contribution >= 0.6 is 0 Å². The van der Waals surface area contributed by atoms with Gasteiger partial charge in [0.25, 0.3) is 0 Å². The topological polar surface area (TPSA) is 55.9 Å². The zero-order valence-electron chi connectivity index (χ0n) is 22.5. The molecule has 3 aliphatic rings. The first-order chi connectivity index (χ1) is 19.1. The van der Waals surface area contributed by atoms with Crippen LogP contribution < -0.4 is 5.32 Å². The van der Waals surface area contributed by atoms with Crippen molar-refractivity contribution in [3.05, 3.63) is 108 Å².